The molecule has 250 valence electrons. The number of carbonyl (C=O) groups excluding carboxylic acids is 2. The van der Waals surface area contributed by atoms with Gasteiger partial charge in [0.2, 0.25) is 0 Å². The van der Waals surface area contributed by atoms with Gasteiger partial charge in [0.25, 0.3) is 0 Å². The van der Waals surface area contributed by atoms with Crippen LogP contribution in [-0.2, 0) is 38.1 Å². The third kappa shape index (κ3) is 18.2. The predicted octanol–water partition coefficient (Wildman–Crippen LogP) is 4.50. The summed E-state index contributed by atoms with van der Waals surface area (Å²) in [6, 6.07) is 0. The summed E-state index contributed by atoms with van der Waals surface area (Å²) in [6.45, 7) is 3.00. The lowest BCUT2D eigenvalue weighted by Crippen LogP contribution is -2.61. The van der Waals surface area contributed by atoms with Crippen molar-refractivity contribution in [2.75, 3.05) is 6.61 Å². The summed E-state index contributed by atoms with van der Waals surface area (Å²) in [7, 11) is 0. The Balaban J connectivity index is 2.80. The first-order valence-electron chi connectivity index (χ1n) is 16.0. The maximum atomic E-state index is 12.1. The van der Waals surface area contributed by atoms with Crippen LogP contribution >= 0.6 is 0 Å². The molecule has 0 radical (unpaired) electrons. The number of aliphatic carboxylic acids is 2. The van der Waals surface area contributed by atoms with Crippen LogP contribution in [0.5, 0.6) is 0 Å². The summed E-state index contributed by atoms with van der Waals surface area (Å²) in [5.74, 6) is -3.93. The van der Waals surface area contributed by atoms with Gasteiger partial charge in [-0.2, -0.15) is 0 Å². The number of aliphatic hydroxyl groups excluding tert-OH is 2. The van der Waals surface area contributed by atoms with Gasteiger partial charge in [-0.1, -0.05) is 90.4 Å². The molecule has 1 aliphatic heterocycles. The number of hydrogen-bond donors (Lipinski definition) is 4. The monoisotopic (exact) mass is 618 g/mol. The highest BCUT2D eigenvalue weighted by Gasteiger charge is 2.48. The van der Waals surface area contributed by atoms with Gasteiger partial charge in [0.15, 0.2) is 12.4 Å². The van der Waals surface area contributed by atoms with E-state index in [-0.39, 0.29) is 19.1 Å². The van der Waals surface area contributed by atoms with E-state index < -0.39 is 61.0 Å². The molecule has 0 aromatic heterocycles. The Morgan fingerprint density at radius 3 is 1.79 bits per heavy atom. The highest BCUT2D eigenvalue weighted by Crippen LogP contribution is 2.28. The van der Waals surface area contributed by atoms with Crippen molar-refractivity contribution in [1.82, 2.24) is 0 Å². The van der Waals surface area contributed by atoms with Gasteiger partial charge in [0.05, 0.1) is 6.10 Å². The third-order valence-corrected chi connectivity index (χ3v) is 7.53. The quantitative estimate of drug-likeness (QED) is 0.0638. The van der Waals surface area contributed by atoms with Gasteiger partial charge in [-0.25, -0.2) is 0 Å². The Kier molecular flexibility index (Phi) is 20.9. The second-order valence-corrected chi connectivity index (χ2v) is 11.4. The molecule has 0 bridgehead atoms. The molecule has 12 nitrogen and oxygen atoms in total. The standard InChI is InChI=1S/C31H54O12/c1-3-4-5-6-8-11-14-17-23(18-15-12-9-7-10-13-16-19-25(33)34)41-31-29(39)30(43-27(37)20-26(35)36)28(38)24(42-31)21-40-22(2)32/h23-24,28-31,38-39H,3-21H2,1-2H3,(H,33,34)(H,35,36). The van der Waals surface area contributed by atoms with E-state index in [0.717, 1.165) is 64.2 Å². The molecule has 6 atom stereocenters. The van der Waals surface area contributed by atoms with Gasteiger partial charge in [-0.3, -0.25) is 19.2 Å². The summed E-state index contributed by atoms with van der Waals surface area (Å²) in [5, 5.41) is 39.4. The molecule has 0 spiro atoms. The van der Waals surface area contributed by atoms with Crippen LogP contribution in [0.3, 0.4) is 0 Å². The number of carboxylic acid groups (broad SMARTS) is 2. The van der Waals surface area contributed by atoms with Gasteiger partial charge in [-0.05, 0) is 19.3 Å². The molecule has 1 heterocycles. The van der Waals surface area contributed by atoms with Crippen molar-refractivity contribution in [3.05, 3.63) is 0 Å². The largest absolute Gasteiger partial charge is 0.481 e. The minimum Gasteiger partial charge on any atom is -0.481 e. The van der Waals surface area contributed by atoms with Crippen molar-refractivity contribution in [2.45, 2.75) is 166 Å². The zero-order valence-corrected chi connectivity index (χ0v) is 26.0. The van der Waals surface area contributed by atoms with E-state index in [9.17, 15) is 29.4 Å². The van der Waals surface area contributed by atoms with Gasteiger partial charge >= 0.3 is 23.9 Å². The van der Waals surface area contributed by atoms with E-state index in [1.54, 1.807) is 0 Å². The molecule has 1 rings (SSSR count). The fourth-order valence-electron chi connectivity index (χ4n) is 5.14. The lowest BCUT2D eigenvalue weighted by Gasteiger charge is -2.42. The Bertz CT molecular complexity index is 804. The Hall–Kier alpha value is -2.28. The molecule has 0 amide bonds. The summed E-state index contributed by atoms with van der Waals surface area (Å²) in [6.07, 6.45) is 7.52. The van der Waals surface area contributed by atoms with Crippen LogP contribution in [0, 0.1) is 0 Å². The fraction of sp³-hybridized carbons (Fsp3) is 0.871. The van der Waals surface area contributed by atoms with Crippen LogP contribution in [-0.4, -0.2) is 87.7 Å². The number of unbranched alkanes of at least 4 members (excludes halogenated alkanes) is 12. The van der Waals surface area contributed by atoms with Crippen LogP contribution in [0.2, 0.25) is 0 Å². The lowest BCUT2D eigenvalue weighted by atomic mass is 9.98. The van der Waals surface area contributed by atoms with E-state index in [1.807, 2.05) is 0 Å². The fourth-order valence-corrected chi connectivity index (χ4v) is 5.14. The molecule has 12 heteroatoms. The van der Waals surface area contributed by atoms with Crippen molar-refractivity contribution in [3.63, 3.8) is 0 Å². The number of ether oxygens (including phenoxy) is 4. The summed E-state index contributed by atoms with van der Waals surface area (Å²) < 4.78 is 22.2. The summed E-state index contributed by atoms with van der Waals surface area (Å²) in [4.78, 5) is 45.1. The third-order valence-electron chi connectivity index (χ3n) is 7.53. The Morgan fingerprint density at radius 1 is 0.744 bits per heavy atom. The van der Waals surface area contributed by atoms with E-state index in [2.05, 4.69) is 6.92 Å². The SMILES string of the molecule is CCCCCCCCCC(CCCCCCCCCC(=O)O)OC1OC(COC(C)=O)C(O)C(OC(=O)CC(=O)O)C1O. The molecular formula is C31H54O12. The number of esters is 2. The summed E-state index contributed by atoms with van der Waals surface area (Å²) >= 11 is 0. The lowest BCUT2D eigenvalue weighted by molar-refractivity contribution is -0.314. The van der Waals surface area contributed by atoms with Gasteiger partial charge in [0, 0.05) is 13.3 Å². The first kappa shape index (κ1) is 38.7. The van der Waals surface area contributed by atoms with Crippen molar-refractivity contribution in [2.24, 2.45) is 0 Å². The average Bonchev–Trinajstić information content (AvgIpc) is 2.93. The molecular weight excluding hydrogens is 564 g/mol. The topological polar surface area (TPSA) is 186 Å². The molecule has 1 fully saturated rings. The summed E-state index contributed by atoms with van der Waals surface area (Å²) in [5.41, 5.74) is 0. The number of carbonyl (C=O) groups is 4. The van der Waals surface area contributed by atoms with Gasteiger partial charge in [0.1, 0.15) is 31.3 Å². The van der Waals surface area contributed by atoms with Crippen LogP contribution in [0.15, 0.2) is 0 Å². The number of hydrogen-bond acceptors (Lipinski definition) is 10. The Morgan fingerprint density at radius 2 is 1.28 bits per heavy atom. The van der Waals surface area contributed by atoms with Crippen molar-refractivity contribution >= 4 is 23.9 Å². The van der Waals surface area contributed by atoms with E-state index in [4.69, 9.17) is 29.2 Å². The maximum Gasteiger partial charge on any atom is 0.317 e. The number of carboxylic acids is 2. The van der Waals surface area contributed by atoms with E-state index >= 15 is 0 Å². The van der Waals surface area contributed by atoms with Gasteiger partial charge < -0.3 is 39.4 Å². The molecule has 0 aromatic rings. The molecule has 1 aliphatic rings. The zero-order chi connectivity index (χ0) is 32.0. The molecule has 1 saturated heterocycles. The van der Waals surface area contributed by atoms with Crippen molar-refractivity contribution in [1.29, 1.82) is 0 Å². The predicted molar refractivity (Wildman–Crippen MR) is 156 cm³/mol. The smallest absolute Gasteiger partial charge is 0.317 e. The molecule has 0 aliphatic carbocycles. The van der Waals surface area contributed by atoms with Gasteiger partial charge in [-0.15, -0.1) is 0 Å². The highest BCUT2D eigenvalue weighted by atomic mass is 16.7. The molecule has 43 heavy (non-hydrogen) atoms. The first-order valence-corrected chi connectivity index (χ1v) is 16.0. The Labute approximate surface area is 255 Å². The van der Waals surface area contributed by atoms with E-state index in [0.29, 0.717) is 12.8 Å². The maximum absolute atomic E-state index is 12.1. The van der Waals surface area contributed by atoms with Crippen LogP contribution < -0.4 is 0 Å². The normalized spacial score (nSPS) is 22.6. The number of aliphatic hydroxyl groups is 2. The zero-order valence-electron chi connectivity index (χ0n) is 26.0. The highest BCUT2D eigenvalue weighted by molar-refractivity contribution is 5.90. The number of rotatable bonds is 25. The molecule has 6 unspecified atom stereocenters. The van der Waals surface area contributed by atoms with Crippen molar-refractivity contribution < 1.29 is 58.6 Å². The van der Waals surface area contributed by atoms with Crippen LogP contribution in [0.25, 0.3) is 0 Å². The first-order chi connectivity index (χ1) is 20.5. The minimum atomic E-state index is -1.59. The second kappa shape index (κ2) is 23.1. The average molecular weight is 619 g/mol. The molecule has 4 N–H and O–H groups in total. The van der Waals surface area contributed by atoms with Crippen LogP contribution in [0.4, 0.5) is 0 Å². The molecule has 0 saturated carbocycles. The second-order valence-electron chi connectivity index (χ2n) is 11.4. The minimum absolute atomic E-state index is 0.199. The van der Waals surface area contributed by atoms with Crippen LogP contribution in [0.1, 0.15) is 129 Å². The van der Waals surface area contributed by atoms with Crippen molar-refractivity contribution in [3.8, 4) is 0 Å². The van der Waals surface area contributed by atoms with E-state index in [1.165, 1.54) is 32.6 Å². The molecule has 0 aromatic carbocycles.